The third-order valence-corrected chi connectivity index (χ3v) is 1.47. The van der Waals surface area contributed by atoms with Crippen molar-refractivity contribution in [2.45, 2.75) is 32.9 Å². The first-order valence-electron chi connectivity index (χ1n) is 3.16. The van der Waals surface area contributed by atoms with Crippen LogP contribution in [0.3, 0.4) is 0 Å². The fraction of sp³-hybridized carbons (Fsp3) is 0.833. The molecule has 0 saturated heterocycles. The Morgan fingerprint density at radius 1 is 1.56 bits per heavy atom. The van der Waals surface area contributed by atoms with E-state index in [4.69, 9.17) is 4.84 Å². The Labute approximate surface area is 55.1 Å². The highest BCUT2D eigenvalue weighted by Gasteiger charge is 2.16. The highest BCUT2D eigenvalue weighted by atomic mass is 16.7. The summed E-state index contributed by atoms with van der Waals surface area (Å²) in [6.07, 6.45) is 0.189. The molecule has 0 fully saturated rings. The number of aliphatic imine (C=N–C) groups is 1. The second kappa shape index (κ2) is 2.35. The highest BCUT2D eigenvalue weighted by molar-refractivity contribution is 5.78. The van der Waals surface area contributed by atoms with E-state index in [0.29, 0.717) is 0 Å². The van der Waals surface area contributed by atoms with Gasteiger partial charge in [-0.1, -0.05) is 0 Å². The monoisotopic (exact) mass is 128 g/mol. The lowest BCUT2D eigenvalue weighted by Gasteiger charge is -2.23. The molecular formula is C6H12N2O. The lowest BCUT2D eigenvalue weighted by Crippen LogP contribution is -2.38. The van der Waals surface area contributed by atoms with Crippen LogP contribution in [-0.2, 0) is 4.84 Å². The summed E-state index contributed by atoms with van der Waals surface area (Å²) in [7, 11) is 0. The number of hydroxylamine groups is 1. The van der Waals surface area contributed by atoms with Gasteiger partial charge in [0.2, 0.25) is 0 Å². The van der Waals surface area contributed by atoms with Crippen LogP contribution in [0.1, 0.15) is 20.8 Å². The molecule has 1 N–H and O–H groups in total. The van der Waals surface area contributed by atoms with Gasteiger partial charge in [0.1, 0.15) is 11.9 Å². The molecule has 52 valence electrons. The molecule has 1 aliphatic rings. The lowest BCUT2D eigenvalue weighted by molar-refractivity contribution is -0.00125. The molecule has 0 aromatic heterocycles. The summed E-state index contributed by atoms with van der Waals surface area (Å²) < 4.78 is 0. The molecular weight excluding hydrogens is 116 g/mol. The number of nitrogens with zero attached hydrogens (tertiary/aromatic N) is 1. The average Bonchev–Trinajstić information content (AvgIpc) is 1.80. The topological polar surface area (TPSA) is 33.6 Å². The number of hydrogen-bond acceptors (Lipinski definition) is 3. The van der Waals surface area contributed by atoms with Crippen molar-refractivity contribution in [2.75, 3.05) is 0 Å². The molecule has 9 heavy (non-hydrogen) atoms. The Bertz CT molecular complexity index is 133. The molecule has 0 spiro atoms. The Kier molecular flexibility index (Phi) is 1.71. The van der Waals surface area contributed by atoms with E-state index in [1.807, 2.05) is 20.8 Å². The van der Waals surface area contributed by atoms with Crippen molar-refractivity contribution in [3.8, 4) is 0 Å². The molecule has 0 radical (unpaired) electrons. The Balaban J connectivity index is 2.58. The summed E-state index contributed by atoms with van der Waals surface area (Å²) in [5.74, 6) is 0.862. The number of amidine groups is 1. The van der Waals surface area contributed by atoms with Crippen LogP contribution in [0.25, 0.3) is 0 Å². The standard InChI is InChI=1S/C6H12N2O/c1-4-5(2)9-8-6(3)7-4/h4-5H,1-3H3,(H,7,8). The molecule has 0 aliphatic carbocycles. The number of hydrogen-bond donors (Lipinski definition) is 1. The zero-order valence-corrected chi connectivity index (χ0v) is 6.01. The van der Waals surface area contributed by atoms with Gasteiger partial charge >= 0.3 is 0 Å². The maximum atomic E-state index is 5.12. The minimum absolute atomic E-state index is 0.189. The molecule has 2 atom stereocenters. The van der Waals surface area contributed by atoms with Crippen LogP contribution in [-0.4, -0.2) is 18.0 Å². The smallest absolute Gasteiger partial charge is 0.118 e. The summed E-state index contributed by atoms with van der Waals surface area (Å²) in [6, 6.07) is 0.284. The van der Waals surface area contributed by atoms with Crippen molar-refractivity contribution < 1.29 is 4.84 Å². The summed E-state index contributed by atoms with van der Waals surface area (Å²) in [5, 5.41) is 0. The van der Waals surface area contributed by atoms with E-state index in [0.717, 1.165) is 5.84 Å². The predicted molar refractivity (Wildman–Crippen MR) is 36.3 cm³/mol. The van der Waals surface area contributed by atoms with Gasteiger partial charge in [-0.05, 0) is 20.8 Å². The van der Waals surface area contributed by atoms with Gasteiger partial charge < -0.3 is 0 Å². The second-order valence-corrected chi connectivity index (χ2v) is 2.38. The van der Waals surface area contributed by atoms with Crippen LogP contribution >= 0.6 is 0 Å². The summed E-state index contributed by atoms with van der Waals surface area (Å²) in [4.78, 5) is 9.37. The first kappa shape index (κ1) is 6.55. The molecule has 0 amide bonds. The molecule has 1 aliphatic heterocycles. The Morgan fingerprint density at radius 2 is 2.22 bits per heavy atom. The zero-order chi connectivity index (χ0) is 6.85. The number of nitrogens with one attached hydrogen (secondary N) is 1. The average molecular weight is 128 g/mol. The summed E-state index contributed by atoms with van der Waals surface area (Å²) in [5.41, 5.74) is 2.71. The lowest BCUT2D eigenvalue weighted by atomic mass is 10.2. The van der Waals surface area contributed by atoms with E-state index < -0.39 is 0 Å². The Hall–Kier alpha value is -0.570. The predicted octanol–water partition coefficient (Wildman–Crippen LogP) is 0.717. The highest BCUT2D eigenvalue weighted by Crippen LogP contribution is 2.04. The van der Waals surface area contributed by atoms with Crippen LogP contribution in [0, 0.1) is 0 Å². The largest absolute Gasteiger partial charge is 0.270 e. The van der Waals surface area contributed by atoms with Crippen molar-refractivity contribution >= 4 is 5.84 Å². The van der Waals surface area contributed by atoms with Crippen LogP contribution in [0.15, 0.2) is 4.99 Å². The van der Waals surface area contributed by atoms with E-state index in [2.05, 4.69) is 10.5 Å². The Morgan fingerprint density at radius 3 is 2.67 bits per heavy atom. The van der Waals surface area contributed by atoms with Crippen molar-refractivity contribution in [2.24, 2.45) is 4.99 Å². The summed E-state index contributed by atoms with van der Waals surface area (Å²) in [6.45, 7) is 5.92. The molecule has 1 heterocycles. The van der Waals surface area contributed by atoms with Gasteiger partial charge in [0, 0.05) is 0 Å². The van der Waals surface area contributed by atoms with Gasteiger partial charge in [0.05, 0.1) is 6.04 Å². The molecule has 0 bridgehead atoms. The van der Waals surface area contributed by atoms with Crippen molar-refractivity contribution in [1.82, 2.24) is 5.48 Å². The van der Waals surface area contributed by atoms with Gasteiger partial charge in [-0.3, -0.25) is 15.3 Å². The van der Waals surface area contributed by atoms with Crippen molar-refractivity contribution in [1.29, 1.82) is 0 Å². The SMILES string of the molecule is CC1=NC(C)C(C)ON1. The molecule has 3 heteroatoms. The van der Waals surface area contributed by atoms with Crippen molar-refractivity contribution in [3.63, 3.8) is 0 Å². The van der Waals surface area contributed by atoms with E-state index in [1.54, 1.807) is 0 Å². The van der Waals surface area contributed by atoms with E-state index in [9.17, 15) is 0 Å². The van der Waals surface area contributed by atoms with Crippen LogP contribution in [0.4, 0.5) is 0 Å². The molecule has 0 aromatic carbocycles. The molecule has 3 nitrogen and oxygen atoms in total. The van der Waals surface area contributed by atoms with Gasteiger partial charge in [0.25, 0.3) is 0 Å². The maximum absolute atomic E-state index is 5.12. The van der Waals surface area contributed by atoms with Gasteiger partial charge in [0.15, 0.2) is 0 Å². The molecule has 1 rings (SSSR count). The minimum atomic E-state index is 0.189. The maximum Gasteiger partial charge on any atom is 0.118 e. The van der Waals surface area contributed by atoms with Crippen molar-refractivity contribution in [3.05, 3.63) is 0 Å². The first-order valence-corrected chi connectivity index (χ1v) is 3.16. The second-order valence-electron chi connectivity index (χ2n) is 2.38. The zero-order valence-electron chi connectivity index (χ0n) is 6.01. The third kappa shape index (κ3) is 1.42. The third-order valence-electron chi connectivity index (χ3n) is 1.47. The normalized spacial score (nSPS) is 35.2. The van der Waals surface area contributed by atoms with Gasteiger partial charge in [-0.15, -0.1) is 0 Å². The fourth-order valence-corrected chi connectivity index (χ4v) is 0.713. The minimum Gasteiger partial charge on any atom is -0.270 e. The fourth-order valence-electron chi connectivity index (χ4n) is 0.713. The van der Waals surface area contributed by atoms with Crippen LogP contribution in [0.2, 0.25) is 0 Å². The van der Waals surface area contributed by atoms with Gasteiger partial charge in [-0.25, -0.2) is 0 Å². The summed E-state index contributed by atoms with van der Waals surface area (Å²) >= 11 is 0. The van der Waals surface area contributed by atoms with E-state index in [-0.39, 0.29) is 12.1 Å². The van der Waals surface area contributed by atoms with Crippen LogP contribution < -0.4 is 5.48 Å². The van der Waals surface area contributed by atoms with Crippen LogP contribution in [0.5, 0.6) is 0 Å². The van der Waals surface area contributed by atoms with E-state index >= 15 is 0 Å². The van der Waals surface area contributed by atoms with Gasteiger partial charge in [-0.2, -0.15) is 0 Å². The quantitative estimate of drug-likeness (QED) is 0.521. The molecule has 2 unspecified atom stereocenters. The molecule has 0 saturated carbocycles. The first-order chi connectivity index (χ1) is 4.20. The van der Waals surface area contributed by atoms with E-state index in [1.165, 1.54) is 0 Å². The number of rotatable bonds is 0. The molecule has 0 aromatic rings.